The van der Waals surface area contributed by atoms with E-state index < -0.39 is 24.5 Å². The Labute approximate surface area is 136 Å². The molecule has 3 amide bonds. The van der Waals surface area contributed by atoms with Crippen LogP contribution in [-0.4, -0.2) is 37.7 Å². The summed E-state index contributed by atoms with van der Waals surface area (Å²) in [7, 11) is 0. The fourth-order valence-corrected chi connectivity index (χ4v) is 1.57. The van der Waals surface area contributed by atoms with E-state index in [9.17, 15) is 14.4 Å². The highest BCUT2D eigenvalue weighted by molar-refractivity contribution is 9.10. The van der Waals surface area contributed by atoms with Gasteiger partial charge < -0.3 is 14.8 Å². The molecular formula is C14H17BrN2O5. The van der Waals surface area contributed by atoms with Crippen LogP contribution in [0, 0.1) is 0 Å². The van der Waals surface area contributed by atoms with E-state index in [2.05, 4.69) is 26.0 Å². The van der Waals surface area contributed by atoms with Crippen LogP contribution in [0.1, 0.15) is 13.3 Å². The molecule has 0 aromatic heterocycles. The fraction of sp³-hybridized carbons (Fsp3) is 0.357. The molecule has 1 aromatic carbocycles. The van der Waals surface area contributed by atoms with Crippen LogP contribution in [-0.2, 0) is 14.3 Å². The second kappa shape index (κ2) is 9.78. The third-order valence-electron chi connectivity index (χ3n) is 2.32. The average Bonchev–Trinajstić information content (AvgIpc) is 2.50. The monoisotopic (exact) mass is 372 g/mol. The van der Waals surface area contributed by atoms with Crippen molar-refractivity contribution in [2.24, 2.45) is 0 Å². The van der Waals surface area contributed by atoms with Crippen molar-refractivity contribution in [3.63, 3.8) is 0 Å². The zero-order valence-electron chi connectivity index (χ0n) is 12.1. The smallest absolute Gasteiger partial charge is 0.344 e. The van der Waals surface area contributed by atoms with Crippen LogP contribution in [0.4, 0.5) is 4.79 Å². The van der Waals surface area contributed by atoms with Gasteiger partial charge in [-0.25, -0.2) is 9.59 Å². The van der Waals surface area contributed by atoms with Gasteiger partial charge in [0.1, 0.15) is 5.75 Å². The molecule has 0 atom stereocenters. The predicted molar refractivity (Wildman–Crippen MR) is 82.4 cm³/mol. The normalized spacial score (nSPS) is 9.73. The van der Waals surface area contributed by atoms with Gasteiger partial charge in [0.25, 0.3) is 5.91 Å². The van der Waals surface area contributed by atoms with Gasteiger partial charge in [0.05, 0.1) is 0 Å². The van der Waals surface area contributed by atoms with Crippen molar-refractivity contribution in [3.8, 4) is 5.75 Å². The Morgan fingerprint density at radius 1 is 1.14 bits per heavy atom. The molecule has 0 aliphatic rings. The summed E-state index contributed by atoms with van der Waals surface area (Å²) in [5, 5.41) is 4.50. The molecule has 120 valence electrons. The Kier molecular flexibility index (Phi) is 7.98. The van der Waals surface area contributed by atoms with E-state index in [1.807, 2.05) is 12.2 Å². The van der Waals surface area contributed by atoms with Crippen molar-refractivity contribution in [1.29, 1.82) is 0 Å². The molecule has 22 heavy (non-hydrogen) atoms. The number of imide groups is 1. The number of carbonyl (C=O) groups excluding carboxylic acids is 3. The second-order valence-electron chi connectivity index (χ2n) is 4.21. The summed E-state index contributed by atoms with van der Waals surface area (Å²) >= 11 is 3.28. The minimum absolute atomic E-state index is 0.322. The average molecular weight is 373 g/mol. The lowest BCUT2D eigenvalue weighted by Gasteiger charge is -2.08. The number of esters is 1. The van der Waals surface area contributed by atoms with Crippen LogP contribution in [0.2, 0.25) is 0 Å². The number of nitrogens with one attached hydrogen (secondary N) is 2. The Morgan fingerprint density at radius 3 is 2.45 bits per heavy atom. The lowest BCUT2D eigenvalue weighted by molar-refractivity contribution is -0.150. The van der Waals surface area contributed by atoms with Crippen molar-refractivity contribution < 1.29 is 23.9 Å². The lowest BCUT2D eigenvalue weighted by Crippen LogP contribution is -2.41. The molecule has 7 nitrogen and oxygen atoms in total. The summed E-state index contributed by atoms with van der Waals surface area (Å²) in [6, 6.07) is 6.28. The van der Waals surface area contributed by atoms with Gasteiger partial charge in [-0.05, 0) is 30.7 Å². The van der Waals surface area contributed by atoms with Gasteiger partial charge in [-0.1, -0.05) is 22.9 Å². The van der Waals surface area contributed by atoms with Crippen LogP contribution in [0.5, 0.6) is 5.75 Å². The molecule has 0 spiro atoms. The quantitative estimate of drug-likeness (QED) is 0.709. The van der Waals surface area contributed by atoms with Crippen LogP contribution in [0.15, 0.2) is 28.7 Å². The van der Waals surface area contributed by atoms with Gasteiger partial charge in [0.2, 0.25) is 0 Å². The maximum Gasteiger partial charge on any atom is 0.344 e. The van der Waals surface area contributed by atoms with Gasteiger partial charge >= 0.3 is 12.0 Å². The number of benzene rings is 1. The number of halogens is 1. The van der Waals surface area contributed by atoms with E-state index in [1.165, 1.54) is 0 Å². The van der Waals surface area contributed by atoms with Gasteiger partial charge in [0.15, 0.2) is 13.2 Å². The van der Waals surface area contributed by atoms with Crippen molar-refractivity contribution in [2.45, 2.75) is 13.3 Å². The molecule has 0 fully saturated rings. The second-order valence-corrected chi connectivity index (χ2v) is 5.12. The Bertz CT molecular complexity index is 518. The SMILES string of the molecule is CCCNC(=O)NC(=O)COC(=O)COc1ccc(Br)cc1. The van der Waals surface area contributed by atoms with Crippen LogP contribution in [0.25, 0.3) is 0 Å². The molecule has 1 rings (SSSR count). The molecule has 2 N–H and O–H groups in total. The molecule has 0 bridgehead atoms. The highest BCUT2D eigenvalue weighted by Crippen LogP contribution is 2.15. The number of amides is 3. The highest BCUT2D eigenvalue weighted by Gasteiger charge is 2.11. The third-order valence-corrected chi connectivity index (χ3v) is 2.85. The largest absolute Gasteiger partial charge is 0.482 e. The molecule has 0 heterocycles. The number of hydrogen-bond donors (Lipinski definition) is 2. The Hall–Kier alpha value is -2.09. The molecule has 0 saturated carbocycles. The van der Waals surface area contributed by atoms with Crippen LogP contribution >= 0.6 is 15.9 Å². The predicted octanol–water partition coefficient (Wildman–Crippen LogP) is 1.61. The van der Waals surface area contributed by atoms with E-state index >= 15 is 0 Å². The summed E-state index contributed by atoms with van der Waals surface area (Å²) in [6.07, 6.45) is 0.754. The van der Waals surface area contributed by atoms with Gasteiger partial charge in [-0.3, -0.25) is 10.1 Å². The number of rotatable bonds is 7. The van der Waals surface area contributed by atoms with E-state index in [0.717, 1.165) is 10.9 Å². The van der Waals surface area contributed by atoms with Crippen molar-refractivity contribution in [2.75, 3.05) is 19.8 Å². The third kappa shape index (κ3) is 7.63. The molecule has 0 radical (unpaired) electrons. The Morgan fingerprint density at radius 2 is 1.82 bits per heavy atom. The van der Waals surface area contributed by atoms with E-state index in [0.29, 0.717) is 12.3 Å². The zero-order chi connectivity index (χ0) is 16.4. The molecule has 8 heteroatoms. The minimum atomic E-state index is -0.703. The fourth-order valence-electron chi connectivity index (χ4n) is 1.31. The number of carbonyl (C=O) groups is 3. The van der Waals surface area contributed by atoms with Crippen LogP contribution in [0.3, 0.4) is 0 Å². The van der Waals surface area contributed by atoms with E-state index in [4.69, 9.17) is 4.74 Å². The van der Waals surface area contributed by atoms with Crippen LogP contribution < -0.4 is 15.4 Å². The summed E-state index contributed by atoms with van der Waals surface area (Å²) in [5.74, 6) is -0.902. The minimum Gasteiger partial charge on any atom is -0.482 e. The summed E-state index contributed by atoms with van der Waals surface area (Å²) < 4.78 is 10.8. The standard InChI is InChI=1S/C14H17BrN2O5/c1-2-7-16-14(20)17-12(18)8-22-13(19)9-21-11-5-3-10(15)4-6-11/h3-6H,2,7-9H2,1H3,(H2,16,17,18,20). The topological polar surface area (TPSA) is 93.7 Å². The summed E-state index contributed by atoms with van der Waals surface area (Å²) in [6.45, 7) is 1.48. The van der Waals surface area contributed by atoms with Gasteiger partial charge in [-0.2, -0.15) is 0 Å². The first-order valence-corrected chi connectivity index (χ1v) is 7.42. The maximum atomic E-state index is 11.4. The van der Waals surface area contributed by atoms with Crippen molar-refractivity contribution in [3.05, 3.63) is 28.7 Å². The number of urea groups is 1. The Balaban J connectivity index is 2.21. The first-order chi connectivity index (χ1) is 10.5. The molecule has 0 aliphatic carbocycles. The molecule has 0 aliphatic heterocycles. The highest BCUT2D eigenvalue weighted by atomic mass is 79.9. The number of hydrogen-bond acceptors (Lipinski definition) is 5. The summed E-state index contributed by atoms with van der Waals surface area (Å²) in [4.78, 5) is 33.9. The first-order valence-electron chi connectivity index (χ1n) is 6.63. The molecule has 0 unspecified atom stereocenters. The molecular weight excluding hydrogens is 356 g/mol. The van der Waals surface area contributed by atoms with Crippen molar-refractivity contribution >= 4 is 33.8 Å². The van der Waals surface area contributed by atoms with Gasteiger partial charge in [0, 0.05) is 11.0 Å². The van der Waals surface area contributed by atoms with Crippen molar-refractivity contribution in [1.82, 2.24) is 10.6 Å². The summed E-state index contributed by atoms with van der Waals surface area (Å²) in [5.41, 5.74) is 0. The lowest BCUT2D eigenvalue weighted by atomic mass is 10.3. The first kappa shape index (κ1) is 18.0. The number of ether oxygens (including phenoxy) is 2. The van der Waals surface area contributed by atoms with E-state index in [-0.39, 0.29) is 6.61 Å². The van der Waals surface area contributed by atoms with E-state index in [1.54, 1.807) is 24.3 Å². The molecule has 0 saturated heterocycles. The van der Waals surface area contributed by atoms with Gasteiger partial charge in [-0.15, -0.1) is 0 Å². The maximum absolute atomic E-state index is 11.4. The zero-order valence-corrected chi connectivity index (χ0v) is 13.6. The molecule has 1 aromatic rings.